The fraction of sp³-hybridized carbons (Fsp3) is 0.789. The van der Waals surface area contributed by atoms with E-state index < -0.39 is 6.04 Å². The van der Waals surface area contributed by atoms with Crippen LogP contribution in [0.2, 0.25) is 0 Å². The minimum Gasteiger partial charge on any atom is -0.462 e. The van der Waals surface area contributed by atoms with Gasteiger partial charge >= 0.3 is 5.97 Å². The quantitative estimate of drug-likeness (QED) is 0.388. The lowest BCUT2D eigenvalue weighted by molar-refractivity contribution is -0.153. The van der Waals surface area contributed by atoms with Gasteiger partial charge in [-0.15, -0.1) is 0 Å². The molecule has 7 nitrogen and oxygen atoms in total. The summed E-state index contributed by atoms with van der Waals surface area (Å²) in [4.78, 5) is 38.3. The highest BCUT2D eigenvalue weighted by molar-refractivity contribution is 7.80. The van der Waals surface area contributed by atoms with Gasteiger partial charge in [0.25, 0.3) is 0 Å². The molecule has 2 aliphatic rings. The fourth-order valence-corrected chi connectivity index (χ4v) is 3.86. The topological polar surface area (TPSA) is 87.7 Å². The smallest absolute Gasteiger partial charge is 0.308 e. The van der Waals surface area contributed by atoms with Gasteiger partial charge in [-0.25, -0.2) is 0 Å². The van der Waals surface area contributed by atoms with Gasteiger partial charge in [-0.2, -0.15) is 0 Å². The number of esters is 1. The fourth-order valence-electron chi connectivity index (χ4n) is 3.52. The number of nitrogens with one attached hydrogen (secondary N) is 2. The molecule has 0 aromatic rings. The molecule has 8 heteroatoms. The minimum atomic E-state index is -0.738. The second kappa shape index (κ2) is 11.2. The van der Waals surface area contributed by atoms with Crippen LogP contribution in [0.1, 0.15) is 71.1 Å². The Hall–Kier alpha value is -1.70. The first-order valence-electron chi connectivity index (χ1n) is 10.1. The van der Waals surface area contributed by atoms with Crippen molar-refractivity contribution in [3.05, 3.63) is 0 Å². The third-order valence-corrected chi connectivity index (χ3v) is 5.39. The summed E-state index contributed by atoms with van der Waals surface area (Å²) in [5.74, 6) is -0.793. The molecule has 1 atom stereocenters. The first kappa shape index (κ1) is 21.6. The SMILES string of the molecule is CCCCCC(=O)NC(=S)N1CCNC(=O)[C@@H]1CC(=O)OC1CCCCC1. The molecule has 1 saturated carbocycles. The number of ether oxygens (including phenoxy) is 1. The molecule has 2 N–H and O–H groups in total. The van der Waals surface area contributed by atoms with Gasteiger partial charge < -0.3 is 20.3 Å². The van der Waals surface area contributed by atoms with Gasteiger partial charge in [-0.05, 0) is 44.3 Å². The molecule has 2 rings (SSSR count). The molecule has 152 valence electrons. The van der Waals surface area contributed by atoms with E-state index in [9.17, 15) is 14.4 Å². The molecule has 0 aromatic carbocycles. The van der Waals surface area contributed by atoms with Crippen molar-refractivity contribution in [1.82, 2.24) is 15.5 Å². The Morgan fingerprint density at radius 1 is 1.26 bits per heavy atom. The summed E-state index contributed by atoms with van der Waals surface area (Å²) in [7, 11) is 0. The highest BCUT2D eigenvalue weighted by Gasteiger charge is 2.34. The monoisotopic (exact) mass is 397 g/mol. The van der Waals surface area contributed by atoms with Gasteiger partial charge in [0.05, 0.1) is 6.42 Å². The number of piperazine rings is 1. The van der Waals surface area contributed by atoms with Gasteiger partial charge in [0, 0.05) is 19.5 Å². The minimum absolute atomic E-state index is 0.0448. The summed E-state index contributed by atoms with van der Waals surface area (Å²) in [5.41, 5.74) is 0. The van der Waals surface area contributed by atoms with Gasteiger partial charge in [-0.1, -0.05) is 26.2 Å². The highest BCUT2D eigenvalue weighted by atomic mass is 32.1. The van der Waals surface area contributed by atoms with Crippen LogP contribution in [-0.2, 0) is 19.1 Å². The Balaban J connectivity index is 1.88. The Morgan fingerprint density at radius 3 is 2.70 bits per heavy atom. The number of hydrogen-bond donors (Lipinski definition) is 2. The van der Waals surface area contributed by atoms with Gasteiger partial charge in [0.2, 0.25) is 11.8 Å². The van der Waals surface area contributed by atoms with Crippen LogP contribution in [0.4, 0.5) is 0 Å². The molecule has 0 aromatic heterocycles. The van der Waals surface area contributed by atoms with Crippen LogP contribution in [-0.4, -0.2) is 53.0 Å². The van der Waals surface area contributed by atoms with Crippen LogP contribution in [0.5, 0.6) is 0 Å². The average Bonchev–Trinajstić information content (AvgIpc) is 2.64. The predicted molar refractivity (Wildman–Crippen MR) is 106 cm³/mol. The van der Waals surface area contributed by atoms with Crippen molar-refractivity contribution < 1.29 is 19.1 Å². The van der Waals surface area contributed by atoms with Crippen LogP contribution < -0.4 is 10.6 Å². The Labute approximate surface area is 166 Å². The van der Waals surface area contributed by atoms with Crippen LogP contribution in [0, 0.1) is 0 Å². The molecular weight excluding hydrogens is 366 g/mol. The van der Waals surface area contributed by atoms with E-state index >= 15 is 0 Å². The number of carbonyl (C=O) groups excluding carboxylic acids is 3. The molecule has 0 bridgehead atoms. The molecule has 1 aliphatic carbocycles. The zero-order valence-electron chi connectivity index (χ0n) is 16.1. The van der Waals surface area contributed by atoms with E-state index in [1.165, 1.54) is 6.42 Å². The van der Waals surface area contributed by atoms with Gasteiger partial charge in [0.1, 0.15) is 12.1 Å². The van der Waals surface area contributed by atoms with E-state index in [-0.39, 0.29) is 35.4 Å². The molecule has 2 fully saturated rings. The Bertz CT molecular complexity index is 549. The maximum Gasteiger partial charge on any atom is 0.308 e. The van der Waals surface area contributed by atoms with E-state index in [1.54, 1.807) is 4.90 Å². The first-order valence-corrected chi connectivity index (χ1v) is 10.5. The van der Waals surface area contributed by atoms with Crippen LogP contribution in [0.3, 0.4) is 0 Å². The molecule has 2 amide bonds. The Kier molecular flexibility index (Phi) is 8.97. The highest BCUT2D eigenvalue weighted by Crippen LogP contribution is 2.21. The van der Waals surface area contributed by atoms with Crippen LogP contribution in [0.25, 0.3) is 0 Å². The van der Waals surface area contributed by atoms with Crippen molar-refractivity contribution in [1.29, 1.82) is 0 Å². The third-order valence-electron chi connectivity index (χ3n) is 5.06. The standard InChI is InChI=1S/C19H31N3O4S/c1-2-3-5-10-16(23)21-19(27)22-12-11-20-18(25)15(22)13-17(24)26-14-8-6-4-7-9-14/h14-15H,2-13H2,1H3,(H,20,25)(H,21,23,27)/t15-/m0/s1. The molecule has 27 heavy (non-hydrogen) atoms. The summed E-state index contributed by atoms with van der Waals surface area (Å²) in [5, 5.41) is 5.67. The zero-order valence-corrected chi connectivity index (χ0v) is 16.9. The summed E-state index contributed by atoms with van der Waals surface area (Å²) in [6.45, 7) is 2.96. The van der Waals surface area contributed by atoms with E-state index in [1.807, 2.05) is 0 Å². The second-order valence-electron chi connectivity index (χ2n) is 7.26. The molecule has 1 aliphatic heterocycles. The van der Waals surface area contributed by atoms with Crippen molar-refractivity contribution >= 4 is 35.1 Å². The lowest BCUT2D eigenvalue weighted by atomic mass is 9.98. The number of hydrogen-bond acceptors (Lipinski definition) is 5. The van der Waals surface area contributed by atoms with E-state index in [0.29, 0.717) is 19.5 Å². The third kappa shape index (κ3) is 7.08. The van der Waals surface area contributed by atoms with Crippen LogP contribution >= 0.6 is 12.2 Å². The molecule has 0 radical (unpaired) electrons. The van der Waals surface area contributed by atoms with E-state index in [2.05, 4.69) is 17.6 Å². The normalized spacial score (nSPS) is 20.7. The van der Waals surface area contributed by atoms with Crippen molar-refractivity contribution in [3.63, 3.8) is 0 Å². The second-order valence-corrected chi connectivity index (χ2v) is 7.65. The molecule has 0 unspecified atom stereocenters. The zero-order chi connectivity index (χ0) is 19.6. The number of nitrogens with zero attached hydrogens (tertiary/aromatic N) is 1. The number of carbonyl (C=O) groups is 3. The van der Waals surface area contributed by atoms with Crippen molar-refractivity contribution in [2.45, 2.75) is 83.3 Å². The van der Waals surface area contributed by atoms with Crippen molar-refractivity contribution in [2.24, 2.45) is 0 Å². The van der Waals surface area contributed by atoms with Gasteiger partial charge in [-0.3, -0.25) is 14.4 Å². The lowest BCUT2D eigenvalue weighted by Gasteiger charge is -2.36. The lowest BCUT2D eigenvalue weighted by Crippen LogP contribution is -2.60. The van der Waals surface area contributed by atoms with Crippen molar-refractivity contribution in [3.8, 4) is 0 Å². The predicted octanol–water partition coefficient (Wildman–Crippen LogP) is 2.03. The summed E-state index contributed by atoms with van der Waals surface area (Å²) < 4.78 is 5.54. The average molecular weight is 398 g/mol. The molecule has 0 spiro atoms. The number of rotatable bonds is 7. The first-order chi connectivity index (χ1) is 13.0. The summed E-state index contributed by atoms with van der Waals surface area (Å²) in [6.07, 6.45) is 8.23. The van der Waals surface area contributed by atoms with Crippen LogP contribution in [0.15, 0.2) is 0 Å². The molecular formula is C19H31N3O4S. The maximum absolute atomic E-state index is 12.3. The summed E-state index contributed by atoms with van der Waals surface area (Å²) in [6, 6.07) is -0.738. The van der Waals surface area contributed by atoms with E-state index in [4.69, 9.17) is 17.0 Å². The number of unbranched alkanes of at least 4 members (excludes halogenated alkanes) is 2. The summed E-state index contributed by atoms with van der Waals surface area (Å²) >= 11 is 5.34. The number of thiocarbonyl (C=S) groups is 1. The van der Waals surface area contributed by atoms with Gasteiger partial charge in [0.15, 0.2) is 5.11 Å². The van der Waals surface area contributed by atoms with Crippen molar-refractivity contribution in [2.75, 3.05) is 13.1 Å². The largest absolute Gasteiger partial charge is 0.462 e. The molecule has 1 heterocycles. The van der Waals surface area contributed by atoms with E-state index in [0.717, 1.165) is 44.9 Å². The Morgan fingerprint density at radius 2 is 2.00 bits per heavy atom. The number of amides is 2. The molecule has 1 saturated heterocycles. The maximum atomic E-state index is 12.3.